The fourth-order valence-electron chi connectivity index (χ4n) is 2.60. The van der Waals surface area contributed by atoms with Gasteiger partial charge in [0.2, 0.25) is 0 Å². The van der Waals surface area contributed by atoms with E-state index < -0.39 is 0 Å². The van der Waals surface area contributed by atoms with Gasteiger partial charge in [-0.2, -0.15) is 0 Å². The van der Waals surface area contributed by atoms with E-state index in [1.165, 1.54) is 0 Å². The third-order valence-corrected chi connectivity index (χ3v) is 4.14. The van der Waals surface area contributed by atoms with Crippen LogP contribution < -0.4 is 15.5 Å². The van der Waals surface area contributed by atoms with Gasteiger partial charge in [-0.05, 0) is 55.8 Å². The summed E-state index contributed by atoms with van der Waals surface area (Å²) in [4.78, 5) is 26.5. The maximum absolute atomic E-state index is 12.4. The number of hydrogen-bond donors (Lipinski definition) is 2. The van der Waals surface area contributed by atoms with E-state index in [1.807, 2.05) is 31.2 Å². The monoisotopic (exact) mass is 353 g/mol. The molecule has 5 heteroatoms. The van der Waals surface area contributed by atoms with Crippen molar-refractivity contribution in [2.45, 2.75) is 26.7 Å². The number of carbonyl (C=O) groups is 2. The summed E-state index contributed by atoms with van der Waals surface area (Å²) in [6.07, 6.45) is 2.29. The predicted molar refractivity (Wildman–Crippen MR) is 107 cm³/mol. The number of carbonyl (C=O) groups excluding carboxylic acids is 2. The summed E-state index contributed by atoms with van der Waals surface area (Å²) in [6.45, 7) is 5.60. The minimum atomic E-state index is -0.194. The number of benzene rings is 2. The van der Waals surface area contributed by atoms with Crippen molar-refractivity contribution in [1.29, 1.82) is 0 Å². The Morgan fingerprint density at radius 2 is 1.69 bits per heavy atom. The molecule has 0 heterocycles. The summed E-state index contributed by atoms with van der Waals surface area (Å²) < 4.78 is 0. The van der Waals surface area contributed by atoms with Gasteiger partial charge in [0.05, 0.1) is 0 Å². The molecule has 0 radical (unpaired) electrons. The van der Waals surface area contributed by atoms with Crippen molar-refractivity contribution < 1.29 is 9.59 Å². The number of rotatable bonds is 8. The molecule has 0 aliphatic heterocycles. The average Bonchev–Trinajstić information content (AvgIpc) is 2.66. The molecule has 0 atom stereocenters. The second-order valence-electron chi connectivity index (χ2n) is 6.22. The molecule has 5 nitrogen and oxygen atoms in total. The molecule has 2 N–H and O–H groups in total. The molecule has 0 aliphatic carbocycles. The van der Waals surface area contributed by atoms with Crippen molar-refractivity contribution in [2.24, 2.45) is 0 Å². The van der Waals surface area contributed by atoms with Crippen LogP contribution in [0, 0.1) is 0 Å². The van der Waals surface area contributed by atoms with E-state index in [1.54, 1.807) is 24.3 Å². The van der Waals surface area contributed by atoms with E-state index in [4.69, 9.17) is 0 Å². The molecular weight excluding hydrogens is 326 g/mol. The molecule has 2 rings (SSSR count). The molecule has 0 spiro atoms. The molecule has 0 saturated carbocycles. The van der Waals surface area contributed by atoms with Crippen LogP contribution in [-0.2, 0) is 0 Å². The van der Waals surface area contributed by atoms with Crippen molar-refractivity contribution in [3.63, 3.8) is 0 Å². The summed E-state index contributed by atoms with van der Waals surface area (Å²) in [5.74, 6) is -0.344. The average molecular weight is 353 g/mol. The van der Waals surface area contributed by atoms with Gasteiger partial charge in [0.15, 0.2) is 0 Å². The summed E-state index contributed by atoms with van der Waals surface area (Å²) in [5, 5.41) is 5.60. The smallest absolute Gasteiger partial charge is 0.255 e. The van der Waals surface area contributed by atoms with Gasteiger partial charge in [-0.3, -0.25) is 9.59 Å². The molecule has 0 bridgehead atoms. The zero-order chi connectivity index (χ0) is 18.9. The van der Waals surface area contributed by atoms with Crippen LogP contribution in [0.3, 0.4) is 0 Å². The van der Waals surface area contributed by atoms with Gasteiger partial charge in [-0.25, -0.2) is 0 Å². The Morgan fingerprint density at radius 3 is 2.35 bits per heavy atom. The summed E-state index contributed by atoms with van der Waals surface area (Å²) >= 11 is 0. The molecule has 0 fully saturated rings. The first-order chi connectivity index (χ1) is 12.5. The summed E-state index contributed by atoms with van der Waals surface area (Å²) in [6, 6.07) is 14.5. The van der Waals surface area contributed by atoms with Crippen molar-refractivity contribution in [1.82, 2.24) is 5.32 Å². The Hall–Kier alpha value is -2.82. The van der Waals surface area contributed by atoms with Crippen LogP contribution in [-0.4, -0.2) is 32.0 Å². The van der Waals surface area contributed by atoms with E-state index >= 15 is 0 Å². The van der Waals surface area contributed by atoms with Crippen molar-refractivity contribution in [3.8, 4) is 0 Å². The zero-order valence-electron chi connectivity index (χ0n) is 15.7. The number of unbranched alkanes of at least 4 members (excludes halogenated alkanes) is 1. The Bertz CT molecular complexity index is 741. The van der Waals surface area contributed by atoms with Gasteiger partial charge in [0.1, 0.15) is 0 Å². The normalized spacial score (nSPS) is 10.3. The van der Waals surface area contributed by atoms with Crippen LogP contribution in [0.2, 0.25) is 0 Å². The lowest BCUT2D eigenvalue weighted by atomic mass is 10.1. The Morgan fingerprint density at radius 1 is 0.962 bits per heavy atom. The maximum atomic E-state index is 12.4. The number of amides is 2. The van der Waals surface area contributed by atoms with Crippen LogP contribution in [0.4, 0.5) is 11.4 Å². The lowest BCUT2D eigenvalue weighted by molar-refractivity contribution is 0.0954. The minimum Gasteiger partial charge on any atom is -0.375 e. The summed E-state index contributed by atoms with van der Waals surface area (Å²) in [5.41, 5.74) is 2.80. The van der Waals surface area contributed by atoms with E-state index in [0.29, 0.717) is 23.4 Å². The number of nitrogens with one attached hydrogen (secondary N) is 2. The minimum absolute atomic E-state index is 0.150. The van der Waals surface area contributed by atoms with Crippen molar-refractivity contribution >= 4 is 23.2 Å². The Labute approximate surface area is 155 Å². The van der Waals surface area contributed by atoms with Crippen molar-refractivity contribution in [3.05, 3.63) is 59.7 Å². The lowest BCUT2D eigenvalue weighted by Crippen LogP contribution is -2.22. The standard InChI is InChI=1S/C21H27N3O2/c1-4-6-14-24(3)19-12-10-16(11-13-19)21(26)23-18-9-7-8-17(15-18)20(25)22-5-2/h7-13,15H,4-6,14H2,1-3H3,(H,22,25)(H,23,26). The third kappa shape index (κ3) is 5.34. The van der Waals surface area contributed by atoms with E-state index in [0.717, 1.165) is 25.1 Å². The number of anilines is 2. The summed E-state index contributed by atoms with van der Waals surface area (Å²) in [7, 11) is 2.05. The second-order valence-corrected chi connectivity index (χ2v) is 6.22. The van der Waals surface area contributed by atoms with Gasteiger partial charge < -0.3 is 15.5 Å². The molecule has 2 aromatic carbocycles. The molecule has 26 heavy (non-hydrogen) atoms. The first kappa shape index (κ1) is 19.5. The first-order valence-corrected chi connectivity index (χ1v) is 9.06. The predicted octanol–water partition coefficient (Wildman–Crippen LogP) is 3.92. The quantitative estimate of drug-likeness (QED) is 0.756. The zero-order valence-corrected chi connectivity index (χ0v) is 15.7. The Balaban J connectivity index is 2.03. The third-order valence-electron chi connectivity index (χ3n) is 4.14. The molecule has 0 unspecified atom stereocenters. The largest absolute Gasteiger partial charge is 0.375 e. The van der Waals surface area contributed by atoms with Gasteiger partial charge in [-0.15, -0.1) is 0 Å². The van der Waals surface area contributed by atoms with E-state index in [9.17, 15) is 9.59 Å². The SMILES string of the molecule is CCCCN(C)c1ccc(C(=O)Nc2cccc(C(=O)NCC)c2)cc1. The maximum Gasteiger partial charge on any atom is 0.255 e. The molecule has 2 aromatic rings. The van der Waals surface area contributed by atoms with Gasteiger partial charge in [0.25, 0.3) is 11.8 Å². The van der Waals surface area contributed by atoms with Crippen LogP contribution >= 0.6 is 0 Å². The fourth-order valence-corrected chi connectivity index (χ4v) is 2.60. The highest BCUT2D eigenvalue weighted by molar-refractivity contribution is 6.05. The van der Waals surface area contributed by atoms with E-state index in [-0.39, 0.29) is 11.8 Å². The number of nitrogens with zero attached hydrogens (tertiary/aromatic N) is 1. The highest BCUT2D eigenvalue weighted by Crippen LogP contribution is 2.16. The van der Waals surface area contributed by atoms with Gasteiger partial charge in [-0.1, -0.05) is 19.4 Å². The lowest BCUT2D eigenvalue weighted by Gasteiger charge is -2.19. The Kier molecular flexibility index (Phi) is 7.21. The second kappa shape index (κ2) is 9.61. The first-order valence-electron chi connectivity index (χ1n) is 9.06. The topological polar surface area (TPSA) is 61.4 Å². The fraction of sp³-hybridized carbons (Fsp3) is 0.333. The van der Waals surface area contributed by atoms with Crippen LogP contribution in [0.1, 0.15) is 47.4 Å². The van der Waals surface area contributed by atoms with Gasteiger partial charge in [0, 0.05) is 42.6 Å². The molecule has 0 aromatic heterocycles. The van der Waals surface area contributed by atoms with Crippen LogP contribution in [0.25, 0.3) is 0 Å². The molecule has 0 saturated heterocycles. The van der Waals surface area contributed by atoms with Crippen LogP contribution in [0.15, 0.2) is 48.5 Å². The van der Waals surface area contributed by atoms with Crippen LogP contribution in [0.5, 0.6) is 0 Å². The highest BCUT2D eigenvalue weighted by atomic mass is 16.2. The number of hydrogen-bond acceptors (Lipinski definition) is 3. The van der Waals surface area contributed by atoms with Crippen molar-refractivity contribution in [2.75, 3.05) is 30.4 Å². The highest BCUT2D eigenvalue weighted by Gasteiger charge is 2.09. The molecular formula is C21H27N3O2. The van der Waals surface area contributed by atoms with E-state index in [2.05, 4.69) is 29.5 Å². The molecule has 2 amide bonds. The van der Waals surface area contributed by atoms with Gasteiger partial charge >= 0.3 is 0 Å². The molecule has 138 valence electrons. The molecule has 0 aliphatic rings.